The maximum Gasteiger partial charge on any atom is 0.0117 e. The summed E-state index contributed by atoms with van der Waals surface area (Å²) in [6, 6.07) is 0.719. The van der Waals surface area contributed by atoms with Crippen molar-refractivity contribution in [2.45, 2.75) is 25.8 Å². The fraction of sp³-hybridized carbons (Fsp3) is 0.818. The molecule has 0 amide bonds. The Morgan fingerprint density at radius 2 is 2.38 bits per heavy atom. The topological polar surface area (TPSA) is 15.3 Å². The highest BCUT2D eigenvalue weighted by atomic mass is 15.1. The van der Waals surface area contributed by atoms with Crippen molar-refractivity contribution in [3.8, 4) is 0 Å². The van der Waals surface area contributed by atoms with Crippen molar-refractivity contribution in [2.24, 2.45) is 5.92 Å². The molecule has 2 unspecified atom stereocenters. The third kappa shape index (κ3) is 3.49. The molecule has 2 atom stereocenters. The highest BCUT2D eigenvalue weighted by Gasteiger charge is 2.22. The molecule has 1 rings (SSSR count). The third-order valence-corrected chi connectivity index (χ3v) is 2.86. The fourth-order valence-corrected chi connectivity index (χ4v) is 2.03. The van der Waals surface area contributed by atoms with Crippen molar-refractivity contribution in [3.05, 3.63) is 12.7 Å². The summed E-state index contributed by atoms with van der Waals surface area (Å²) in [7, 11) is 2.20. The standard InChI is InChI=1S/C11H22N2/c1-4-5-7-12-11-6-8-13(3)9-10(11)2/h4,10-12H,1,5-9H2,2-3H3. The van der Waals surface area contributed by atoms with Crippen LogP contribution in [0, 0.1) is 5.92 Å². The van der Waals surface area contributed by atoms with E-state index in [2.05, 4.69) is 30.8 Å². The van der Waals surface area contributed by atoms with Crippen LogP contribution < -0.4 is 5.32 Å². The van der Waals surface area contributed by atoms with Gasteiger partial charge in [0.1, 0.15) is 0 Å². The van der Waals surface area contributed by atoms with Gasteiger partial charge in [0.2, 0.25) is 0 Å². The summed E-state index contributed by atoms with van der Waals surface area (Å²) >= 11 is 0. The van der Waals surface area contributed by atoms with Crippen LogP contribution in [-0.2, 0) is 0 Å². The molecule has 76 valence electrons. The van der Waals surface area contributed by atoms with E-state index in [1.165, 1.54) is 19.5 Å². The number of nitrogens with zero attached hydrogens (tertiary/aromatic N) is 1. The van der Waals surface area contributed by atoms with Crippen molar-refractivity contribution in [1.29, 1.82) is 0 Å². The molecular formula is C11H22N2. The Morgan fingerprint density at radius 3 is 3.00 bits per heavy atom. The molecule has 1 aliphatic rings. The first-order valence-electron chi connectivity index (χ1n) is 5.27. The molecule has 0 aromatic heterocycles. The van der Waals surface area contributed by atoms with Crippen LogP contribution in [0.3, 0.4) is 0 Å². The van der Waals surface area contributed by atoms with Gasteiger partial charge in [0, 0.05) is 12.6 Å². The smallest absolute Gasteiger partial charge is 0.0117 e. The summed E-state index contributed by atoms with van der Waals surface area (Å²) in [4.78, 5) is 2.41. The van der Waals surface area contributed by atoms with Gasteiger partial charge >= 0.3 is 0 Å². The van der Waals surface area contributed by atoms with Crippen molar-refractivity contribution in [1.82, 2.24) is 10.2 Å². The second-order valence-electron chi connectivity index (χ2n) is 4.17. The van der Waals surface area contributed by atoms with Gasteiger partial charge in [0.25, 0.3) is 0 Å². The lowest BCUT2D eigenvalue weighted by atomic mass is 9.94. The van der Waals surface area contributed by atoms with Crippen LogP contribution in [0.15, 0.2) is 12.7 Å². The Kier molecular flexibility index (Phi) is 4.46. The van der Waals surface area contributed by atoms with Crippen molar-refractivity contribution in [3.63, 3.8) is 0 Å². The number of rotatable bonds is 4. The maximum absolute atomic E-state index is 3.73. The first-order chi connectivity index (χ1) is 6.24. The van der Waals surface area contributed by atoms with Gasteiger partial charge in [-0.3, -0.25) is 0 Å². The monoisotopic (exact) mass is 182 g/mol. The minimum Gasteiger partial charge on any atom is -0.313 e. The normalized spacial score (nSPS) is 30.3. The lowest BCUT2D eigenvalue weighted by Crippen LogP contribution is -2.47. The van der Waals surface area contributed by atoms with E-state index in [9.17, 15) is 0 Å². The molecule has 0 aromatic rings. The summed E-state index contributed by atoms with van der Waals surface area (Å²) in [6.45, 7) is 9.61. The third-order valence-electron chi connectivity index (χ3n) is 2.86. The molecule has 1 N–H and O–H groups in total. The molecule has 0 spiro atoms. The molecule has 13 heavy (non-hydrogen) atoms. The van der Waals surface area contributed by atoms with Crippen LogP contribution >= 0.6 is 0 Å². The Hall–Kier alpha value is -0.340. The first-order valence-corrected chi connectivity index (χ1v) is 5.27. The van der Waals surface area contributed by atoms with Gasteiger partial charge in [0.15, 0.2) is 0 Å². The summed E-state index contributed by atoms with van der Waals surface area (Å²) in [5, 5.41) is 3.59. The Balaban J connectivity index is 2.21. The van der Waals surface area contributed by atoms with Gasteiger partial charge < -0.3 is 10.2 Å². The molecule has 0 saturated carbocycles. The van der Waals surface area contributed by atoms with E-state index >= 15 is 0 Å². The fourth-order valence-electron chi connectivity index (χ4n) is 2.03. The maximum atomic E-state index is 3.73. The molecule has 0 aliphatic carbocycles. The van der Waals surface area contributed by atoms with Crippen molar-refractivity contribution >= 4 is 0 Å². The van der Waals surface area contributed by atoms with Gasteiger partial charge in [-0.1, -0.05) is 13.0 Å². The Labute approximate surface area is 82.0 Å². The first kappa shape index (κ1) is 10.7. The second kappa shape index (κ2) is 5.40. The molecule has 0 bridgehead atoms. The molecule has 1 aliphatic heterocycles. The summed E-state index contributed by atoms with van der Waals surface area (Å²) < 4.78 is 0. The van der Waals surface area contributed by atoms with E-state index in [4.69, 9.17) is 0 Å². The number of hydrogen-bond donors (Lipinski definition) is 1. The van der Waals surface area contributed by atoms with Crippen LogP contribution in [0.1, 0.15) is 19.8 Å². The SMILES string of the molecule is C=CCCNC1CCN(C)CC1C. The minimum absolute atomic E-state index is 0.719. The predicted molar refractivity (Wildman–Crippen MR) is 57.9 cm³/mol. The van der Waals surface area contributed by atoms with Gasteiger partial charge in [-0.2, -0.15) is 0 Å². The van der Waals surface area contributed by atoms with E-state index in [1.54, 1.807) is 0 Å². The van der Waals surface area contributed by atoms with Crippen molar-refractivity contribution < 1.29 is 0 Å². The second-order valence-corrected chi connectivity index (χ2v) is 4.17. The number of hydrogen-bond acceptors (Lipinski definition) is 2. The Morgan fingerprint density at radius 1 is 1.62 bits per heavy atom. The van der Waals surface area contributed by atoms with Gasteiger partial charge in [-0.25, -0.2) is 0 Å². The van der Waals surface area contributed by atoms with E-state index in [0.717, 1.165) is 24.9 Å². The summed E-state index contributed by atoms with van der Waals surface area (Å²) in [5.41, 5.74) is 0. The molecular weight excluding hydrogens is 160 g/mol. The van der Waals surface area contributed by atoms with Crippen LogP contribution in [0.5, 0.6) is 0 Å². The lowest BCUT2D eigenvalue weighted by molar-refractivity contribution is 0.176. The molecule has 0 radical (unpaired) electrons. The molecule has 2 nitrogen and oxygen atoms in total. The zero-order valence-electron chi connectivity index (χ0n) is 8.92. The van der Waals surface area contributed by atoms with Gasteiger partial charge in [-0.05, 0) is 38.9 Å². The minimum atomic E-state index is 0.719. The number of likely N-dealkylation sites (tertiary alicyclic amines) is 1. The molecule has 2 heteroatoms. The molecule has 0 aromatic carbocycles. The van der Waals surface area contributed by atoms with Crippen LogP contribution in [0.2, 0.25) is 0 Å². The van der Waals surface area contributed by atoms with E-state index in [0.29, 0.717) is 0 Å². The van der Waals surface area contributed by atoms with Gasteiger partial charge in [-0.15, -0.1) is 6.58 Å². The predicted octanol–water partition coefficient (Wildman–Crippen LogP) is 1.49. The van der Waals surface area contributed by atoms with Crippen LogP contribution in [-0.4, -0.2) is 37.6 Å². The molecule has 1 fully saturated rings. The van der Waals surface area contributed by atoms with E-state index in [-0.39, 0.29) is 0 Å². The number of piperidine rings is 1. The zero-order chi connectivity index (χ0) is 9.68. The highest BCUT2D eigenvalue weighted by Crippen LogP contribution is 2.14. The van der Waals surface area contributed by atoms with Crippen LogP contribution in [0.4, 0.5) is 0 Å². The summed E-state index contributed by atoms with van der Waals surface area (Å²) in [5.74, 6) is 0.781. The van der Waals surface area contributed by atoms with E-state index in [1.807, 2.05) is 6.08 Å². The molecule has 1 heterocycles. The van der Waals surface area contributed by atoms with Crippen LogP contribution in [0.25, 0.3) is 0 Å². The average Bonchev–Trinajstić information content (AvgIpc) is 2.09. The Bertz CT molecular complexity index is 156. The van der Waals surface area contributed by atoms with Crippen molar-refractivity contribution in [2.75, 3.05) is 26.7 Å². The average molecular weight is 182 g/mol. The molecule has 1 saturated heterocycles. The largest absolute Gasteiger partial charge is 0.313 e. The number of nitrogens with one attached hydrogen (secondary N) is 1. The quantitative estimate of drug-likeness (QED) is 0.523. The highest BCUT2D eigenvalue weighted by molar-refractivity contribution is 4.82. The van der Waals surface area contributed by atoms with E-state index < -0.39 is 0 Å². The zero-order valence-corrected chi connectivity index (χ0v) is 8.92. The van der Waals surface area contributed by atoms with Gasteiger partial charge in [0.05, 0.1) is 0 Å². The lowest BCUT2D eigenvalue weighted by Gasteiger charge is -2.35. The summed E-state index contributed by atoms with van der Waals surface area (Å²) in [6.07, 6.45) is 4.35.